The highest BCUT2D eigenvalue weighted by Gasteiger charge is 2.22. The number of ether oxygens (including phenoxy) is 2. The number of halogens is 2. The Hall–Kier alpha value is -3.16. The first-order valence-electron chi connectivity index (χ1n) is 8.62. The zero-order valence-corrected chi connectivity index (χ0v) is 17.5. The summed E-state index contributed by atoms with van der Waals surface area (Å²) in [5.74, 6) is -2.55. The highest BCUT2D eigenvalue weighted by molar-refractivity contribution is 6.38. The number of carbonyl (C=O) groups is 2. The van der Waals surface area contributed by atoms with E-state index in [2.05, 4.69) is 0 Å². The first-order valence-corrected chi connectivity index (χ1v) is 9.38. The van der Waals surface area contributed by atoms with Crippen LogP contribution in [0.3, 0.4) is 0 Å². The average molecular weight is 450 g/mol. The summed E-state index contributed by atoms with van der Waals surface area (Å²) in [4.78, 5) is 22.5. The number of rotatable bonds is 7. The predicted molar refractivity (Wildman–Crippen MR) is 114 cm³/mol. The summed E-state index contributed by atoms with van der Waals surface area (Å²) in [6.07, 6.45) is 2.22. The highest BCUT2D eigenvalue weighted by Crippen LogP contribution is 2.40. The number of carboxylic acid groups (broad SMARTS) is 1. The van der Waals surface area contributed by atoms with Crippen molar-refractivity contribution in [3.05, 3.63) is 63.8 Å². The molecule has 0 unspecified atom stereocenters. The molecule has 0 bridgehead atoms. The third-order valence-corrected chi connectivity index (χ3v) is 5.08. The predicted octanol–water partition coefficient (Wildman–Crippen LogP) is 4.57. The summed E-state index contributed by atoms with van der Waals surface area (Å²) in [6, 6.07) is 8.44. The zero-order valence-electron chi connectivity index (χ0n) is 16.0. The maximum atomic E-state index is 11.6. The number of aliphatic hydroxyl groups is 1. The monoisotopic (exact) mass is 449 g/mol. The van der Waals surface area contributed by atoms with Crippen molar-refractivity contribution in [3.63, 3.8) is 0 Å². The van der Waals surface area contributed by atoms with Gasteiger partial charge in [-0.25, -0.2) is 4.79 Å². The van der Waals surface area contributed by atoms with E-state index >= 15 is 0 Å². The van der Waals surface area contributed by atoms with E-state index in [-0.39, 0.29) is 12.1 Å². The van der Waals surface area contributed by atoms with Crippen molar-refractivity contribution in [2.45, 2.75) is 6.54 Å². The lowest BCUT2D eigenvalue weighted by molar-refractivity contribution is -0.146. The quantitative estimate of drug-likeness (QED) is 0.311. The van der Waals surface area contributed by atoms with Gasteiger partial charge in [0, 0.05) is 34.4 Å². The van der Waals surface area contributed by atoms with Crippen molar-refractivity contribution in [1.82, 2.24) is 4.57 Å². The molecule has 0 fully saturated rings. The van der Waals surface area contributed by atoms with Crippen LogP contribution in [0.4, 0.5) is 0 Å². The smallest absolute Gasteiger partial charge is 0.376 e. The Morgan fingerprint density at radius 2 is 1.73 bits per heavy atom. The van der Waals surface area contributed by atoms with Gasteiger partial charge in [0.1, 0.15) is 17.3 Å². The van der Waals surface area contributed by atoms with Crippen LogP contribution in [0.15, 0.2) is 42.6 Å². The van der Waals surface area contributed by atoms with Gasteiger partial charge in [-0.3, -0.25) is 4.79 Å². The van der Waals surface area contributed by atoms with E-state index in [0.717, 1.165) is 5.56 Å². The molecule has 0 atom stereocenters. The van der Waals surface area contributed by atoms with Crippen molar-refractivity contribution < 1.29 is 29.3 Å². The van der Waals surface area contributed by atoms with E-state index in [1.165, 1.54) is 14.2 Å². The molecule has 7 nitrogen and oxygen atoms in total. The summed E-state index contributed by atoms with van der Waals surface area (Å²) in [7, 11) is 2.96. The van der Waals surface area contributed by atoms with E-state index in [0.29, 0.717) is 38.5 Å². The largest absolute Gasteiger partial charge is 0.507 e. The van der Waals surface area contributed by atoms with Crippen LogP contribution in [0.1, 0.15) is 11.1 Å². The highest BCUT2D eigenvalue weighted by atomic mass is 35.5. The molecule has 156 valence electrons. The molecular formula is C21H17Cl2NO6. The number of methoxy groups -OCH3 is 2. The molecule has 0 aliphatic carbocycles. The molecule has 0 aliphatic heterocycles. The Bertz CT molecular complexity index is 1180. The molecule has 2 N–H and O–H groups in total. The summed E-state index contributed by atoms with van der Waals surface area (Å²) >= 11 is 12.3. The minimum Gasteiger partial charge on any atom is -0.507 e. The normalized spacial score (nSPS) is 11.5. The first kappa shape index (κ1) is 21.5. The standard InChI is InChI=1S/C21H17Cl2NO6/c1-29-17-5-6-18(30-2)20-19(17)13(15(25)8-16(26)21(27)28)10-24(20)9-11-3-4-12(22)7-14(11)23/h3-8,10,25H,9H2,1-2H3,(H,27,28)/b15-8-. The second kappa shape index (κ2) is 8.69. The summed E-state index contributed by atoms with van der Waals surface area (Å²) in [6.45, 7) is 0.288. The van der Waals surface area contributed by atoms with E-state index in [9.17, 15) is 14.7 Å². The fraction of sp³-hybridized carbons (Fsp3) is 0.143. The number of aliphatic hydroxyl groups excluding tert-OH is 1. The Kier molecular flexibility index (Phi) is 6.24. The Morgan fingerprint density at radius 3 is 2.33 bits per heavy atom. The molecule has 0 radical (unpaired) electrons. The maximum Gasteiger partial charge on any atom is 0.376 e. The Morgan fingerprint density at radius 1 is 1.07 bits per heavy atom. The molecule has 2 aromatic carbocycles. The first-order chi connectivity index (χ1) is 14.3. The number of ketones is 1. The Labute approximate surface area is 181 Å². The van der Waals surface area contributed by atoms with Crippen molar-refractivity contribution in [2.24, 2.45) is 0 Å². The summed E-state index contributed by atoms with van der Waals surface area (Å²) in [5.41, 5.74) is 1.53. The molecule has 9 heteroatoms. The lowest BCUT2D eigenvalue weighted by Gasteiger charge is -2.12. The number of hydrogen-bond acceptors (Lipinski definition) is 5. The van der Waals surface area contributed by atoms with Crippen molar-refractivity contribution in [2.75, 3.05) is 14.2 Å². The number of hydrogen-bond donors (Lipinski definition) is 2. The van der Waals surface area contributed by atoms with E-state index < -0.39 is 17.5 Å². The van der Waals surface area contributed by atoms with Gasteiger partial charge >= 0.3 is 5.97 Å². The lowest BCUT2D eigenvalue weighted by Crippen LogP contribution is -2.09. The summed E-state index contributed by atoms with van der Waals surface area (Å²) < 4.78 is 12.7. The molecule has 3 aromatic rings. The van der Waals surface area contributed by atoms with E-state index in [4.69, 9.17) is 37.8 Å². The van der Waals surface area contributed by atoms with Gasteiger partial charge in [0.2, 0.25) is 0 Å². The third-order valence-electron chi connectivity index (χ3n) is 4.49. The van der Waals surface area contributed by atoms with E-state index in [1.807, 2.05) is 0 Å². The van der Waals surface area contributed by atoms with Crippen molar-refractivity contribution in [3.8, 4) is 11.5 Å². The molecule has 0 saturated carbocycles. The van der Waals surface area contributed by atoms with Crippen LogP contribution in [0.25, 0.3) is 16.7 Å². The molecule has 1 heterocycles. The van der Waals surface area contributed by atoms with Crippen LogP contribution in [-0.2, 0) is 16.1 Å². The topological polar surface area (TPSA) is 98.0 Å². The zero-order chi connectivity index (χ0) is 22.0. The van der Waals surface area contributed by atoms with Crippen molar-refractivity contribution in [1.29, 1.82) is 0 Å². The molecule has 0 amide bonds. The van der Waals surface area contributed by atoms with Gasteiger partial charge in [0.15, 0.2) is 0 Å². The number of aliphatic carboxylic acids is 1. The summed E-state index contributed by atoms with van der Waals surface area (Å²) in [5, 5.41) is 20.8. The number of carbonyl (C=O) groups excluding carboxylic acids is 1. The van der Waals surface area contributed by atoms with Gasteiger partial charge in [-0.05, 0) is 29.8 Å². The van der Waals surface area contributed by atoms with Crippen molar-refractivity contribution >= 4 is 51.6 Å². The van der Waals surface area contributed by atoms with Gasteiger partial charge in [0.25, 0.3) is 5.78 Å². The average Bonchev–Trinajstić information content (AvgIpc) is 3.09. The lowest BCUT2D eigenvalue weighted by atomic mass is 10.1. The number of benzene rings is 2. The van der Waals surface area contributed by atoms with E-state index in [1.54, 1.807) is 41.1 Å². The number of carboxylic acids is 1. The maximum absolute atomic E-state index is 11.6. The molecule has 30 heavy (non-hydrogen) atoms. The number of nitrogens with zero attached hydrogens (tertiary/aromatic N) is 1. The SMILES string of the molecule is COc1ccc(OC)c2c1c(/C(O)=C/C(=O)C(=O)O)cn2Cc1ccc(Cl)cc1Cl. The van der Waals surface area contributed by atoms with Crippen LogP contribution in [0.2, 0.25) is 10.0 Å². The molecule has 0 saturated heterocycles. The number of aromatic nitrogens is 1. The third kappa shape index (κ3) is 4.08. The Balaban J connectivity index is 2.27. The van der Waals surface area contributed by atoms with Gasteiger partial charge in [-0.1, -0.05) is 29.3 Å². The van der Waals surface area contributed by atoms with Crippen LogP contribution in [-0.4, -0.2) is 40.8 Å². The van der Waals surface area contributed by atoms with Crippen LogP contribution >= 0.6 is 23.2 Å². The fourth-order valence-corrected chi connectivity index (χ4v) is 3.60. The number of fused-ring (bicyclic) bond motifs is 1. The molecule has 3 rings (SSSR count). The minimum atomic E-state index is -1.68. The molecular weight excluding hydrogens is 433 g/mol. The molecule has 0 spiro atoms. The van der Waals surface area contributed by atoms with Gasteiger partial charge < -0.3 is 24.3 Å². The van der Waals surface area contributed by atoms with Gasteiger partial charge in [0.05, 0.1) is 25.1 Å². The molecule has 1 aromatic heterocycles. The second-order valence-electron chi connectivity index (χ2n) is 6.30. The van der Waals surface area contributed by atoms with Gasteiger partial charge in [-0.2, -0.15) is 0 Å². The fourth-order valence-electron chi connectivity index (χ4n) is 3.13. The van der Waals surface area contributed by atoms with Crippen LogP contribution in [0.5, 0.6) is 11.5 Å². The van der Waals surface area contributed by atoms with Crippen LogP contribution in [0, 0.1) is 0 Å². The van der Waals surface area contributed by atoms with Crippen LogP contribution < -0.4 is 9.47 Å². The minimum absolute atomic E-state index is 0.209. The van der Waals surface area contributed by atoms with Gasteiger partial charge in [-0.15, -0.1) is 0 Å². The molecule has 0 aliphatic rings. The second-order valence-corrected chi connectivity index (χ2v) is 7.14.